The van der Waals surface area contributed by atoms with Crippen LogP contribution in [0.4, 0.5) is 0 Å². The predicted octanol–water partition coefficient (Wildman–Crippen LogP) is 1.05. The maximum absolute atomic E-state index is 10.5. The van der Waals surface area contributed by atoms with Crippen LogP contribution in [0.3, 0.4) is 0 Å². The molecule has 0 aliphatic heterocycles. The maximum atomic E-state index is 10.5. The lowest BCUT2D eigenvalue weighted by Gasteiger charge is -2.06. The largest absolute Gasteiger partial charge is 0.768 e. The van der Waals surface area contributed by atoms with Gasteiger partial charge < -0.3 is 4.55 Å². The Balaban J connectivity index is 3.22. The topological polar surface area (TPSA) is 57.2 Å². The van der Waals surface area contributed by atoms with E-state index in [0.29, 0.717) is 11.8 Å². The molecule has 1 rings (SSSR count). The standard InChI is InChI=1S/C8H8O3S/c1-6-2-3-8(12(10)11)4-7(6)5-9/h2-5H,1H3,(H,10,11)/p-1. The van der Waals surface area contributed by atoms with Gasteiger partial charge in [0.15, 0.2) is 0 Å². The Kier molecular flexibility index (Phi) is 2.73. The summed E-state index contributed by atoms with van der Waals surface area (Å²) >= 11 is -2.26. The van der Waals surface area contributed by atoms with Crippen molar-refractivity contribution in [1.82, 2.24) is 0 Å². The van der Waals surface area contributed by atoms with Crippen LogP contribution in [0.2, 0.25) is 0 Å². The molecular weight excluding hydrogens is 176 g/mol. The monoisotopic (exact) mass is 183 g/mol. The van der Waals surface area contributed by atoms with Gasteiger partial charge in [-0.25, -0.2) is 0 Å². The minimum atomic E-state index is -2.26. The number of aryl methyl sites for hydroxylation is 1. The molecule has 1 aromatic rings. The fraction of sp³-hybridized carbons (Fsp3) is 0.125. The summed E-state index contributed by atoms with van der Waals surface area (Å²) in [5.74, 6) is 0. The van der Waals surface area contributed by atoms with Gasteiger partial charge >= 0.3 is 0 Å². The normalized spacial score (nSPS) is 12.5. The second-order valence-electron chi connectivity index (χ2n) is 2.37. The van der Waals surface area contributed by atoms with Crippen LogP contribution in [0.5, 0.6) is 0 Å². The van der Waals surface area contributed by atoms with Gasteiger partial charge in [-0.05, 0) is 35.7 Å². The van der Waals surface area contributed by atoms with Gasteiger partial charge in [0.25, 0.3) is 0 Å². The smallest absolute Gasteiger partial charge is 0.150 e. The van der Waals surface area contributed by atoms with Crippen LogP contribution in [0.25, 0.3) is 0 Å². The fourth-order valence-electron chi connectivity index (χ4n) is 0.849. The van der Waals surface area contributed by atoms with E-state index in [4.69, 9.17) is 0 Å². The summed E-state index contributed by atoms with van der Waals surface area (Å²) in [5.41, 5.74) is 1.19. The minimum Gasteiger partial charge on any atom is -0.768 e. The molecule has 0 spiro atoms. The first kappa shape index (κ1) is 9.09. The number of carbonyl (C=O) groups excluding carboxylic acids is 1. The van der Waals surface area contributed by atoms with Gasteiger partial charge in [0, 0.05) is 10.5 Å². The van der Waals surface area contributed by atoms with Crippen molar-refractivity contribution >= 4 is 17.4 Å². The number of hydrogen-bond acceptors (Lipinski definition) is 3. The van der Waals surface area contributed by atoms with Crippen LogP contribution in [0.15, 0.2) is 23.1 Å². The summed E-state index contributed by atoms with van der Waals surface area (Å²) in [6.07, 6.45) is 0.645. The van der Waals surface area contributed by atoms with E-state index in [1.807, 2.05) is 0 Å². The van der Waals surface area contributed by atoms with Crippen LogP contribution in [0.1, 0.15) is 15.9 Å². The molecule has 0 heterocycles. The van der Waals surface area contributed by atoms with E-state index >= 15 is 0 Å². The number of rotatable bonds is 2. The highest BCUT2D eigenvalue weighted by Gasteiger charge is 1.98. The summed E-state index contributed by atoms with van der Waals surface area (Å²) in [6, 6.07) is 4.42. The first-order chi connectivity index (χ1) is 5.65. The molecule has 0 fully saturated rings. The molecule has 1 atom stereocenters. The Labute approximate surface area is 72.7 Å². The van der Waals surface area contributed by atoms with Gasteiger partial charge in [0.2, 0.25) is 0 Å². The maximum Gasteiger partial charge on any atom is 0.150 e. The zero-order chi connectivity index (χ0) is 9.14. The molecule has 0 bridgehead atoms. The number of aldehydes is 1. The quantitative estimate of drug-likeness (QED) is 0.508. The van der Waals surface area contributed by atoms with E-state index < -0.39 is 11.1 Å². The first-order valence-corrected chi connectivity index (χ1v) is 4.37. The summed E-state index contributed by atoms with van der Waals surface area (Å²) in [6.45, 7) is 1.75. The molecule has 1 aromatic carbocycles. The molecule has 64 valence electrons. The highest BCUT2D eigenvalue weighted by atomic mass is 32.2. The summed E-state index contributed by atoms with van der Waals surface area (Å²) in [5, 5.41) is 0. The molecule has 0 N–H and O–H groups in total. The Morgan fingerprint density at radius 2 is 2.17 bits per heavy atom. The lowest BCUT2D eigenvalue weighted by atomic mass is 10.1. The van der Waals surface area contributed by atoms with Crippen molar-refractivity contribution in [3.05, 3.63) is 29.3 Å². The van der Waals surface area contributed by atoms with Gasteiger partial charge in [0.1, 0.15) is 6.29 Å². The van der Waals surface area contributed by atoms with Crippen molar-refractivity contribution < 1.29 is 13.6 Å². The summed E-state index contributed by atoms with van der Waals surface area (Å²) in [4.78, 5) is 10.5. The Bertz CT molecular complexity index is 333. The van der Waals surface area contributed by atoms with E-state index in [1.165, 1.54) is 12.1 Å². The van der Waals surface area contributed by atoms with Crippen LogP contribution < -0.4 is 0 Å². The van der Waals surface area contributed by atoms with Crippen molar-refractivity contribution in [2.75, 3.05) is 0 Å². The molecule has 0 aliphatic carbocycles. The molecule has 0 saturated heterocycles. The molecule has 0 amide bonds. The van der Waals surface area contributed by atoms with Crippen LogP contribution in [0, 0.1) is 6.92 Å². The first-order valence-electron chi connectivity index (χ1n) is 3.30. The molecule has 0 aromatic heterocycles. The zero-order valence-electron chi connectivity index (χ0n) is 6.44. The van der Waals surface area contributed by atoms with E-state index in [0.717, 1.165) is 5.56 Å². The van der Waals surface area contributed by atoms with Crippen LogP contribution in [-0.4, -0.2) is 15.0 Å². The van der Waals surface area contributed by atoms with Crippen molar-refractivity contribution in [2.45, 2.75) is 11.8 Å². The fourth-order valence-corrected chi connectivity index (χ4v) is 1.25. The van der Waals surface area contributed by atoms with Gasteiger partial charge in [-0.2, -0.15) is 0 Å². The summed E-state index contributed by atoms with van der Waals surface area (Å²) < 4.78 is 20.9. The summed E-state index contributed by atoms with van der Waals surface area (Å²) in [7, 11) is 0. The third-order valence-electron chi connectivity index (χ3n) is 1.57. The molecular formula is C8H7O3S-. The Hall–Kier alpha value is -1.00. The van der Waals surface area contributed by atoms with Gasteiger partial charge in [-0.15, -0.1) is 0 Å². The SMILES string of the molecule is Cc1ccc(S(=O)[O-])cc1C=O. The van der Waals surface area contributed by atoms with E-state index in [1.54, 1.807) is 13.0 Å². The van der Waals surface area contributed by atoms with Gasteiger partial charge in [0.05, 0.1) is 0 Å². The number of benzene rings is 1. The average Bonchev–Trinajstić information content (AvgIpc) is 2.05. The van der Waals surface area contributed by atoms with Gasteiger partial charge in [-0.1, -0.05) is 6.07 Å². The average molecular weight is 183 g/mol. The van der Waals surface area contributed by atoms with E-state index in [2.05, 4.69) is 0 Å². The lowest BCUT2D eigenvalue weighted by molar-refractivity contribution is 0.112. The number of carbonyl (C=O) groups is 1. The second kappa shape index (κ2) is 3.60. The van der Waals surface area contributed by atoms with E-state index in [9.17, 15) is 13.6 Å². The van der Waals surface area contributed by atoms with Crippen LogP contribution in [-0.2, 0) is 11.1 Å². The van der Waals surface area contributed by atoms with Crippen molar-refractivity contribution in [1.29, 1.82) is 0 Å². The molecule has 0 radical (unpaired) electrons. The third kappa shape index (κ3) is 1.78. The molecule has 0 saturated carbocycles. The minimum absolute atomic E-state index is 0.141. The molecule has 0 aliphatic rings. The highest BCUT2D eigenvalue weighted by Crippen LogP contribution is 2.11. The third-order valence-corrected chi connectivity index (χ3v) is 2.21. The number of hydrogen-bond donors (Lipinski definition) is 0. The molecule has 1 unspecified atom stereocenters. The van der Waals surface area contributed by atoms with Crippen LogP contribution >= 0.6 is 0 Å². The highest BCUT2D eigenvalue weighted by molar-refractivity contribution is 7.79. The zero-order valence-corrected chi connectivity index (χ0v) is 7.26. The second-order valence-corrected chi connectivity index (χ2v) is 3.31. The molecule has 12 heavy (non-hydrogen) atoms. The van der Waals surface area contributed by atoms with Gasteiger partial charge in [-0.3, -0.25) is 9.00 Å². The predicted molar refractivity (Wildman–Crippen MR) is 43.8 cm³/mol. The lowest BCUT2D eigenvalue weighted by Crippen LogP contribution is -1.92. The molecule has 4 heteroatoms. The van der Waals surface area contributed by atoms with Crippen molar-refractivity contribution in [3.63, 3.8) is 0 Å². The Morgan fingerprint density at radius 1 is 1.50 bits per heavy atom. The van der Waals surface area contributed by atoms with Crippen molar-refractivity contribution in [3.8, 4) is 0 Å². The van der Waals surface area contributed by atoms with E-state index in [-0.39, 0.29) is 4.90 Å². The molecule has 3 nitrogen and oxygen atoms in total. The van der Waals surface area contributed by atoms with Crippen molar-refractivity contribution in [2.24, 2.45) is 0 Å². The Morgan fingerprint density at radius 3 is 2.67 bits per heavy atom.